The van der Waals surface area contributed by atoms with Crippen LogP contribution in [0.25, 0.3) is 0 Å². The van der Waals surface area contributed by atoms with Crippen LogP contribution in [0.2, 0.25) is 0 Å². The van der Waals surface area contributed by atoms with E-state index in [0.717, 1.165) is 77.0 Å². The molecule has 1 rings (SSSR count). The molecule has 1 saturated heterocycles. The molecule has 0 amide bonds. The van der Waals surface area contributed by atoms with Gasteiger partial charge in [-0.1, -0.05) is 130 Å². The molecule has 0 aromatic heterocycles. The highest BCUT2D eigenvalue weighted by molar-refractivity contribution is 7.47. The maximum absolute atomic E-state index is 12.6. The van der Waals surface area contributed by atoms with Gasteiger partial charge in [0.25, 0.3) is 0 Å². The average Bonchev–Trinajstić information content (AvgIpc) is 4.00. The second-order valence-electron chi connectivity index (χ2n) is 14.7. The van der Waals surface area contributed by atoms with E-state index in [1.165, 1.54) is 19.3 Å². The Balaban J connectivity index is 2.32. The van der Waals surface area contributed by atoms with Crippen molar-refractivity contribution in [2.75, 3.05) is 26.4 Å². The van der Waals surface area contributed by atoms with E-state index in [2.05, 4.69) is 110 Å². The largest absolute Gasteiger partial charge is 0.472 e. The molecular weight excluding hydrogens is 783 g/mol. The zero-order valence-electron chi connectivity index (χ0n) is 36.6. The topological polar surface area (TPSA) is 161 Å². The average molecular weight is 861 g/mol. The molecule has 0 spiro atoms. The summed E-state index contributed by atoms with van der Waals surface area (Å²) in [6.07, 6.45) is 49.8. The molecule has 0 radical (unpaired) electrons. The van der Waals surface area contributed by atoms with Crippen LogP contribution in [0, 0.1) is 0 Å². The number of esters is 2. The summed E-state index contributed by atoms with van der Waals surface area (Å²) in [7, 11) is -4.65. The SMILES string of the molecule is CC/C=C\C/C=C\C/C=C\C/C=C\C/C=C\CCCCCC(=O)O[C@H](COC(=O)CCC/C=C\C/C=C\CC1OC1C/C=C\CCCCC)COP(=O)(O)OC[C@@H](O)CO. The number of ether oxygens (including phenoxy) is 3. The lowest BCUT2D eigenvalue weighted by Crippen LogP contribution is -2.29. The van der Waals surface area contributed by atoms with Crippen molar-refractivity contribution in [1.82, 2.24) is 0 Å². The van der Waals surface area contributed by atoms with E-state index in [1.807, 2.05) is 6.08 Å². The van der Waals surface area contributed by atoms with Gasteiger partial charge in [-0.3, -0.25) is 18.6 Å². The Labute approximate surface area is 361 Å². The van der Waals surface area contributed by atoms with Gasteiger partial charge in [0, 0.05) is 12.8 Å². The van der Waals surface area contributed by atoms with Crippen molar-refractivity contribution in [3.05, 3.63) is 97.2 Å². The highest BCUT2D eigenvalue weighted by Crippen LogP contribution is 2.43. The van der Waals surface area contributed by atoms with Crippen LogP contribution < -0.4 is 0 Å². The normalized spacial score (nSPS) is 18.1. The van der Waals surface area contributed by atoms with Gasteiger partial charge in [0.1, 0.15) is 12.7 Å². The standard InChI is InChI=1S/C48H77O11P/c1-3-5-7-9-11-12-13-14-15-16-17-18-19-20-21-22-25-30-34-38-48(52)58-44(42-57-60(53,54)56-40-43(50)39-49)41-55-47(51)37-33-29-26-23-24-28-32-36-46-45(59-46)35-31-27-10-8-6-4-2/h5,7,11-12,14-15,17-18,20-21,23,26-28,31-32,43-46,49-50H,3-4,6,8-10,13,16,19,22,24-25,29-30,33-42H2,1-2H3,(H,53,54)/b7-5-,12-11-,15-14-,18-17-,21-20-,26-23-,31-27-,32-28-/t43-,44+,45?,46?/m0/s1. The third kappa shape index (κ3) is 35.6. The molecule has 3 N–H and O–H groups in total. The second-order valence-corrected chi connectivity index (χ2v) is 16.2. The van der Waals surface area contributed by atoms with E-state index >= 15 is 0 Å². The van der Waals surface area contributed by atoms with Crippen LogP contribution in [-0.2, 0) is 37.4 Å². The predicted octanol–water partition coefficient (Wildman–Crippen LogP) is 11.0. The Bertz CT molecular complexity index is 1380. The molecule has 0 aromatic carbocycles. The summed E-state index contributed by atoms with van der Waals surface area (Å²) in [6.45, 7) is 2.10. The molecule has 1 aliphatic heterocycles. The fourth-order valence-electron chi connectivity index (χ4n) is 5.58. The molecule has 1 aliphatic rings. The van der Waals surface area contributed by atoms with Gasteiger partial charge in [-0.05, 0) is 96.3 Å². The fraction of sp³-hybridized carbons (Fsp3) is 0.625. The van der Waals surface area contributed by atoms with Crippen molar-refractivity contribution < 1.29 is 52.5 Å². The van der Waals surface area contributed by atoms with E-state index in [9.17, 15) is 24.2 Å². The summed E-state index contributed by atoms with van der Waals surface area (Å²) >= 11 is 0. The van der Waals surface area contributed by atoms with Crippen LogP contribution in [0.1, 0.15) is 142 Å². The van der Waals surface area contributed by atoms with Crippen LogP contribution in [0.4, 0.5) is 0 Å². The predicted molar refractivity (Wildman–Crippen MR) is 241 cm³/mol. The summed E-state index contributed by atoms with van der Waals surface area (Å²) < 4.78 is 38.4. The number of allylic oxidation sites excluding steroid dienone is 14. The fourth-order valence-corrected chi connectivity index (χ4v) is 6.37. The number of phosphoric acid groups is 1. The van der Waals surface area contributed by atoms with Gasteiger partial charge in [-0.25, -0.2) is 4.57 Å². The van der Waals surface area contributed by atoms with E-state index in [4.69, 9.17) is 23.8 Å². The molecule has 1 fully saturated rings. The van der Waals surface area contributed by atoms with Gasteiger partial charge < -0.3 is 29.3 Å². The van der Waals surface area contributed by atoms with E-state index < -0.39 is 51.8 Å². The number of epoxide rings is 1. The molecule has 60 heavy (non-hydrogen) atoms. The Morgan fingerprint density at radius 1 is 0.600 bits per heavy atom. The Morgan fingerprint density at radius 2 is 1.08 bits per heavy atom. The van der Waals surface area contributed by atoms with Gasteiger partial charge in [0.05, 0.1) is 32.0 Å². The third-order valence-electron chi connectivity index (χ3n) is 9.12. The summed E-state index contributed by atoms with van der Waals surface area (Å²) in [5.74, 6) is -1.04. The monoisotopic (exact) mass is 861 g/mol. The number of carbonyl (C=O) groups is 2. The van der Waals surface area contributed by atoms with Crippen molar-refractivity contribution in [1.29, 1.82) is 0 Å². The summed E-state index contributed by atoms with van der Waals surface area (Å²) in [5.41, 5.74) is 0. The molecule has 5 atom stereocenters. The highest BCUT2D eigenvalue weighted by atomic mass is 31.2. The van der Waals surface area contributed by atoms with Crippen LogP contribution in [0.3, 0.4) is 0 Å². The molecule has 0 bridgehead atoms. The summed E-state index contributed by atoms with van der Waals surface area (Å²) in [5, 5.41) is 18.4. The molecule has 12 heteroatoms. The van der Waals surface area contributed by atoms with Gasteiger partial charge in [0.15, 0.2) is 6.10 Å². The number of hydrogen-bond donors (Lipinski definition) is 3. The lowest BCUT2D eigenvalue weighted by Gasteiger charge is -2.20. The number of phosphoric ester groups is 1. The molecule has 3 unspecified atom stereocenters. The lowest BCUT2D eigenvalue weighted by atomic mass is 10.1. The molecule has 340 valence electrons. The first kappa shape index (κ1) is 54.9. The summed E-state index contributed by atoms with van der Waals surface area (Å²) in [4.78, 5) is 35.0. The van der Waals surface area contributed by atoms with E-state index in [0.29, 0.717) is 31.5 Å². The maximum atomic E-state index is 12.6. The smallest absolute Gasteiger partial charge is 0.462 e. The minimum atomic E-state index is -4.65. The quantitative estimate of drug-likeness (QED) is 0.0177. The minimum Gasteiger partial charge on any atom is -0.462 e. The molecular formula is C48H77O11P. The van der Waals surface area contributed by atoms with Crippen LogP contribution in [0.15, 0.2) is 97.2 Å². The number of aliphatic hydroxyl groups is 2. The highest BCUT2D eigenvalue weighted by Gasteiger charge is 2.36. The molecule has 1 heterocycles. The molecule has 11 nitrogen and oxygen atoms in total. The first-order chi connectivity index (χ1) is 29.2. The van der Waals surface area contributed by atoms with E-state index in [-0.39, 0.29) is 19.4 Å². The number of carbonyl (C=O) groups excluding carboxylic acids is 2. The number of unbranched alkanes of at least 4 members (excludes halogenated alkanes) is 7. The second kappa shape index (κ2) is 38.7. The molecule has 0 aliphatic carbocycles. The zero-order chi connectivity index (χ0) is 43.8. The Morgan fingerprint density at radius 3 is 1.67 bits per heavy atom. The lowest BCUT2D eigenvalue weighted by molar-refractivity contribution is -0.161. The maximum Gasteiger partial charge on any atom is 0.472 e. The van der Waals surface area contributed by atoms with Gasteiger partial charge in [-0.15, -0.1) is 0 Å². The van der Waals surface area contributed by atoms with Crippen LogP contribution >= 0.6 is 7.82 Å². The van der Waals surface area contributed by atoms with Crippen molar-refractivity contribution >= 4 is 19.8 Å². The van der Waals surface area contributed by atoms with Gasteiger partial charge in [0.2, 0.25) is 0 Å². The number of aliphatic hydroxyl groups excluding tert-OH is 2. The zero-order valence-corrected chi connectivity index (χ0v) is 37.5. The van der Waals surface area contributed by atoms with Crippen LogP contribution in [0.5, 0.6) is 0 Å². The van der Waals surface area contributed by atoms with Crippen molar-refractivity contribution in [3.8, 4) is 0 Å². The van der Waals surface area contributed by atoms with Gasteiger partial charge >= 0.3 is 19.8 Å². The summed E-state index contributed by atoms with van der Waals surface area (Å²) in [6, 6.07) is 0. The van der Waals surface area contributed by atoms with E-state index in [1.54, 1.807) is 0 Å². The first-order valence-electron chi connectivity index (χ1n) is 22.3. The third-order valence-corrected chi connectivity index (χ3v) is 10.1. The Kier molecular flexibility index (Phi) is 35.4. The number of hydrogen-bond acceptors (Lipinski definition) is 10. The molecule has 0 aromatic rings. The minimum absolute atomic E-state index is 0.124. The van der Waals surface area contributed by atoms with Gasteiger partial charge in [-0.2, -0.15) is 0 Å². The number of rotatable bonds is 39. The Hall–Kier alpha value is -3.15. The van der Waals surface area contributed by atoms with Crippen molar-refractivity contribution in [2.24, 2.45) is 0 Å². The van der Waals surface area contributed by atoms with Crippen molar-refractivity contribution in [3.63, 3.8) is 0 Å². The first-order valence-corrected chi connectivity index (χ1v) is 23.8. The van der Waals surface area contributed by atoms with Crippen molar-refractivity contribution in [2.45, 2.75) is 167 Å². The van der Waals surface area contributed by atoms with Crippen LogP contribution in [-0.4, -0.2) is 77.9 Å². The molecule has 0 saturated carbocycles.